The SMILES string of the molecule is [2H]C([2H])([2H])c1cc2c3c(c1)N(c1ccc(C4CCCCC4)cc1)c1c(sc4cc5c(cc14)C(C)(C)CCC5(C)C)B3c1cc(C(C)(C)C)ccc1N2c1cccc2c1-c1ccccc1C21CCCC1. The van der Waals surface area contributed by atoms with Gasteiger partial charge in [-0.05, 0) is 172 Å². The zero-order chi connectivity index (χ0) is 47.6. The van der Waals surface area contributed by atoms with Crippen LogP contribution in [0.15, 0.2) is 109 Å². The molecule has 0 radical (unpaired) electrons. The Morgan fingerprint density at radius 3 is 2.06 bits per heavy atom. The summed E-state index contributed by atoms with van der Waals surface area (Å²) in [7, 11) is 0. The first kappa shape index (κ1) is 38.0. The van der Waals surface area contributed by atoms with Crippen LogP contribution in [-0.4, -0.2) is 6.71 Å². The molecule has 2 nitrogen and oxygen atoms in total. The van der Waals surface area contributed by atoms with Crippen molar-refractivity contribution in [2.45, 2.75) is 154 Å². The molecule has 332 valence electrons. The minimum Gasteiger partial charge on any atom is -0.311 e. The lowest BCUT2D eigenvalue weighted by molar-refractivity contribution is 0.332. The molecule has 7 aromatic rings. The first-order valence-electron chi connectivity index (χ1n) is 26.8. The van der Waals surface area contributed by atoms with Gasteiger partial charge in [0, 0.05) is 52.7 Å². The number of benzene rings is 6. The molecule has 3 heterocycles. The summed E-state index contributed by atoms with van der Waals surface area (Å²) in [6.07, 6.45) is 13.5. The summed E-state index contributed by atoms with van der Waals surface area (Å²) >= 11 is 1.97. The van der Waals surface area contributed by atoms with Crippen LogP contribution in [0, 0.1) is 6.85 Å². The molecule has 2 saturated carbocycles. The minimum atomic E-state index is -2.34. The van der Waals surface area contributed by atoms with Gasteiger partial charge in [-0.15, -0.1) is 11.3 Å². The third kappa shape index (κ3) is 5.79. The number of thiophene rings is 1. The normalized spacial score (nSPS) is 20.5. The Labute approximate surface area is 402 Å². The standard InChI is InChI=1S/C62H65BN2S/c1-38-33-52-56-53(34-38)65(51-22-16-21-46-55(51)43-19-12-13-20-45(43)62(46)29-14-15-30-62)50-28-25-41(59(2,3)4)35-49(50)63(56)58-57(64(52)42-26-23-40(24-27-42)39-17-10-9-11-18-39)44-36-47-48(37-54(44)66-58)61(7,8)32-31-60(47,5)6/h12-13,16,19-28,33-37,39H,9-11,14-15,17-18,29-32H2,1-8H3/i1D3. The predicted octanol–water partition coefficient (Wildman–Crippen LogP) is 15.8. The lowest BCUT2D eigenvalue weighted by Crippen LogP contribution is -2.60. The van der Waals surface area contributed by atoms with Gasteiger partial charge in [0.25, 0.3) is 6.71 Å². The average molecular weight is 884 g/mol. The molecule has 1 spiro atoms. The second-order valence-corrected chi connectivity index (χ2v) is 24.6. The molecule has 6 aromatic carbocycles. The highest BCUT2D eigenvalue weighted by Crippen LogP contribution is 2.61. The van der Waals surface area contributed by atoms with Crippen molar-refractivity contribution in [3.8, 4) is 11.1 Å². The van der Waals surface area contributed by atoms with Crippen LogP contribution in [0.3, 0.4) is 0 Å². The molecule has 2 fully saturated rings. The van der Waals surface area contributed by atoms with Gasteiger partial charge < -0.3 is 9.80 Å². The Morgan fingerprint density at radius 2 is 1.33 bits per heavy atom. The van der Waals surface area contributed by atoms with Crippen molar-refractivity contribution in [2.24, 2.45) is 0 Å². The third-order valence-corrected chi connectivity index (χ3v) is 18.9. The fourth-order valence-electron chi connectivity index (χ4n) is 14.1. The van der Waals surface area contributed by atoms with Gasteiger partial charge in [-0.1, -0.05) is 141 Å². The summed E-state index contributed by atoms with van der Waals surface area (Å²) in [5.41, 5.74) is 20.6. The van der Waals surface area contributed by atoms with E-state index in [1.54, 1.807) is 0 Å². The molecule has 0 atom stereocenters. The van der Waals surface area contributed by atoms with E-state index in [1.807, 2.05) is 11.3 Å². The molecule has 6 aliphatic rings. The summed E-state index contributed by atoms with van der Waals surface area (Å²) in [6, 6.07) is 42.1. The van der Waals surface area contributed by atoms with Crippen molar-refractivity contribution >= 4 is 78.0 Å². The number of hydrogen-bond acceptors (Lipinski definition) is 3. The topological polar surface area (TPSA) is 6.48 Å². The smallest absolute Gasteiger partial charge is 0.264 e. The first-order chi connectivity index (χ1) is 32.9. The number of aryl methyl sites for hydroxylation is 1. The highest BCUT2D eigenvalue weighted by Gasteiger charge is 2.50. The summed E-state index contributed by atoms with van der Waals surface area (Å²) in [5.74, 6) is 0.586. The van der Waals surface area contributed by atoms with Gasteiger partial charge in [-0.2, -0.15) is 0 Å². The van der Waals surface area contributed by atoms with E-state index < -0.39 is 6.85 Å². The van der Waals surface area contributed by atoms with Gasteiger partial charge in [0.15, 0.2) is 0 Å². The van der Waals surface area contributed by atoms with Crippen LogP contribution in [-0.2, 0) is 21.7 Å². The second-order valence-electron chi connectivity index (χ2n) is 23.5. The van der Waals surface area contributed by atoms with Gasteiger partial charge >= 0.3 is 0 Å². The molecule has 13 rings (SSSR count). The summed E-state index contributed by atoms with van der Waals surface area (Å²) in [6.45, 7) is 14.3. The maximum atomic E-state index is 9.21. The van der Waals surface area contributed by atoms with E-state index in [9.17, 15) is 4.11 Å². The lowest BCUT2D eigenvalue weighted by atomic mass is 9.36. The number of nitrogens with zero attached hydrogens (tertiary/aromatic N) is 2. The zero-order valence-corrected chi connectivity index (χ0v) is 40.9. The fourth-order valence-corrected chi connectivity index (χ4v) is 15.4. The Kier molecular flexibility index (Phi) is 8.19. The fraction of sp³-hybridized carbons (Fsp3) is 0.387. The predicted molar refractivity (Wildman–Crippen MR) is 285 cm³/mol. The van der Waals surface area contributed by atoms with Crippen LogP contribution in [0.2, 0.25) is 0 Å². The van der Waals surface area contributed by atoms with E-state index in [0.29, 0.717) is 11.5 Å². The summed E-state index contributed by atoms with van der Waals surface area (Å²) in [4.78, 5) is 5.01. The van der Waals surface area contributed by atoms with Crippen LogP contribution in [0.5, 0.6) is 0 Å². The Morgan fingerprint density at radius 1 is 0.636 bits per heavy atom. The monoisotopic (exact) mass is 884 g/mol. The largest absolute Gasteiger partial charge is 0.311 e. The Bertz CT molecular complexity index is 3260. The highest BCUT2D eigenvalue weighted by molar-refractivity contribution is 7.33. The maximum Gasteiger partial charge on any atom is 0.264 e. The lowest BCUT2D eigenvalue weighted by Gasteiger charge is -2.44. The molecule has 4 heteroatoms. The molecule has 0 bridgehead atoms. The number of hydrogen-bond donors (Lipinski definition) is 0. The number of fused-ring (bicyclic) bond motifs is 12. The number of rotatable bonds is 3. The molecule has 66 heavy (non-hydrogen) atoms. The second kappa shape index (κ2) is 14.2. The van der Waals surface area contributed by atoms with E-state index in [2.05, 4.69) is 167 Å². The maximum absolute atomic E-state index is 9.21. The molecule has 0 amide bonds. The zero-order valence-electron chi connectivity index (χ0n) is 43.1. The Balaban J connectivity index is 1.14. The highest BCUT2D eigenvalue weighted by atomic mass is 32.1. The van der Waals surface area contributed by atoms with Crippen LogP contribution in [0.1, 0.15) is 168 Å². The van der Waals surface area contributed by atoms with Crippen molar-refractivity contribution in [2.75, 3.05) is 9.80 Å². The van der Waals surface area contributed by atoms with Crippen molar-refractivity contribution in [3.05, 3.63) is 148 Å². The molecule has 4 aliphatic carbocycles. The molecule has 2 aliphatic heterocycles. The average Bonchev–Trinajstić information content (AvgIpc) is 4.05. The van der Waals surface area contributed by atoms with Gasteiger partial charge in [-0.3, -0.25) is 0 Å². The molecule has 1 aromatic heterocycles. The molecule has 0 saturated heterocycles. The number of anilines is 6. The quantitative estimate of drug-likeness (QED) is 0.163. The summed E-state index contributed by atoms with van der Waals surface area (Å²) < 4.78 is 30.3. The Hall–Kier alpha value is -5.06. The van der Waals surface area contributed by atoms with Gasteiger partial charge in [0.2, 0.25) is 0 Å². The molecular weight excluding hydrogens is 816 g/mol. The van der Waals surface area contributed by atoms with Crippen molar-refractivity contribution in [1.82, 2.24) is 0 Å². The van der Waals surface area contributed by atoms with Crippen molar-refractivity contribution in [1.29, 1.82) is 0 Å². The summed E-state index contributed by atoms with van der Waals surface area (Å²) in [5, 5.41) is 1.28. The minimum absolute atomic E-state index is 0.00595. The van der Waals surface area contributed by atoms with E-state index in [4.69, 9.17) is 0 Å². The first-order valence-corrected chi connectivity index (χ1v) is 26.1. The van der Waals surface area contributed by atoms with E-state index in [-0.39, 0.29) is 28.4 Å². The van der Waals surface area contributed by atoms with Gasteiger partial charge in [0.1, 0.15) is 0 Å². The van der Waals surface area contributed by atoms with E-state index >= 15 is 0 Å². The third-order valence-electron chi connectivity index (χ3n) is 17.7. The van der Waals surface area contributed by atoms with E-state index in [1.165, 1.54) is 121 Å². The van der Waals surface area contributed by atoms with Crippen LogP contribution in [0.25, 0.3) is 21.2 Å². The molecule has 0 N–H and O–H groups in total. The van der Waals surface area contributed by atoms with Gasteiger partial charge in [-0.25, -0.2) is 0 Å². The van der Waals surface area contributed by atoms with Crippen LogP contribution in [0.4, 0.5) is 34.1 Å². The van der Waals surface area contributed by atoms with Gasteiger partial charge in [0.05, 0.1) is 11.4 Å². The molecular formula is C62H65BN2S. The van der Waals surface area contributed by atoms with E-state index in [0.717, 1.165) is 54.1 Å². The van der Waals surface area contributed by atoms with Crippen LogP contribution < -0.4 is 25.5 Å². The van der Waals surface area contributed by atoms with Crippen molar-refractivity contribution < 1.29 is 4.11 Å². The van der Waals surface area contributed by atoms with Crippen LogP contribution >= 0.6 is 11.3 Å². The molecule has 0 unspecified atom stereocenters. The van der Waals surface area contributed by atoms with Crippen molar-refractivity contribution in [3.63, 3.8) is 0 Å².